The van der Waals surface area contributed by atoms with E-state index in [-0.39, 0.29) is 11.3 Å². The highest BCUT2D eigenvalue weighted by Crippen LogP contribution is 2.20. The first-order valence-corrected chi connectivity index (χ1v) is 7.47. The highest BCUT2D eigenvalue weighted by atomic mass is 16.5. The third-order valence-electron chi connectivity index (χ3n) is 3.50. The van der Waals surface area contributed by atoms with Crippen molar-refractivity contribution in [2.45, 2.75) is 39.2 Å². The molecule has 0 bridgehead atoms. The topological polar surface area (TPSA) is 118 Å². The molecule has 0 aliphatic rings. The van der Waals surface area contributed by atoms with Crippen molar-refractivity contribution in [3.8, 4) is 0 Å². The van der Waals surface area contributed by atoms with Crippen molar-refractivity contribution in [1.82, 2.24) is 30.1 Å². The summed E-state index contributed by atoms with van der Waals surface area (Å²) in [5.41, 5.74) is 0.128. The largest absolute Gasteiger partial charge is 0.347 e. The number of fused-ring (bicyclic) bond motifs is 1. The van der Waals surface area contributed by atoms with Gasteiger partial charge in [0.05, 0.1) is 5.56 Å². The Morgan fingerprint density at radius 1 is 1.38 bits per heavy atom. The quantitative estimate of drug-likeness (QED) is 0.745. The molecule has 3 aromatic rings. The van der Waals surface area contributed by atoms with E-state index in [4.69, 9.17) is 4.52 Å². The second-order valence-electron chi connectivity index (χ2n) is 6.58. The van der Waals surface area contributed by atoms with Crippen LogP contribution in [0.3, 0.4) is 0 Å². The molecule has 9 nitrogen and oxygen atoms in total. The molecule has 0 fully saturated rings. The van der Waals surface area contributed by atoms with Crippen LogP contribution in [-0.2, 0) is 5.41 Å². The average Bonchev–Trinajstić information content (AvgIpc) is 3.14. The van der Waals surface area contributed by atoms with Gasteiger partial charge in [0.15, 0.2) is 11.5 Å². The van der Waals surface area contributed by atoms with Gasteiger partial charge in [-0.1, -0.05) is 25.9 Å². The van der Waals surface area contributed by atoms with Crippen LogP contribution in [0.4, 0.5) is 0 Å². The first-order valence-electron chi connectivity index (χ1n) is 7.47. The summed E-state index contributed by atoms with van der Waals surface area (Å²) in [5, 5.41) is 12.8. The Morgan fingerprint density at radius 2 is 2.12 bits per heavy atom. The second kappa shape index (κ2) is 5.59. The van der Waals surface area contributed by atoms with E-state index < -0.39 is 11.7 Å². The molecule has 3 aromatic heterocycles. The van der Waals surface area contributed by atoms with Gasteiger partial charge in [0.25, 0.3) is 5.91 Å². The molecule has 0 aliphatic heterocycles. The number of carbonyl (C=O) groups excluding carboxylic acids is 1. The Balaban J connectivity index is 1.79. The van der Waals surface area contributed by atoms with E-state index in [1.165, 1.54) is 10.6 Å². The number of aromatic amines is 1. The Bertz CT molecular complexity index is 946. The Kier molecular flexibility index (Phi) is 3.70. The zero-order chi connectivity index (χ0) is 17.5. The van der Waals surface area contributed by atoms with Gasteiger partial charge in [-0.15, -0.1) is 0 Å². The normalized spacial score (nSPS) is 13.2. The zero-order valence-corrected chi connectivity index (χ0v) is 13.8. The van der Waals surface area contributed by atoms with Gasteiger partial charge in [0.2, 0.25) is 5.89 Å². The number of pyridine rings is 1. The highest BCUT2D eigenvalue weighted by Gasteiger charge is 2.24. The maximum atomic E-state index is 12.4. The lowest BCUT2D eigenvalue weighted by molar-refractivity contribution is 0.0932. The summed E-state index contributed by atoms with van der Waals surface area (Å²) in [6.45, 7) is 7.68. The van der Waals surface area contributed by atoms with Crippen LogP contribution in [0.25, 0.3) is 5.65 Å². The summed E-state index contributed by atoms with van der Waals surface area (Å²) >= 11 is 0. The summed E-state index contributed by atoms with van der Waals surface area (Å²) in [7, 11) is 0. The second-order valence-corrected chi connectivity index (χ2v) is 6.58. The summed E-state index contributed by atoms with van der Waals surface area (Å²) in [6.07, 6.45) is 1.43. The molecule has 0 saturated carbocycles. The molecule has 2 N–H and O–H groups in total. The molecule has 1 atom stereocenters. The molecule has 126 valence electrons. The van der Waals surface area contributed by atoms with Crippen LogP contribution in [0.15, 0.2) is 27.6 Å². The van der Waals surface area contributed by atoms with Crippen LogP contribution < -0.4 is 11.0 Å². The number of nitrogens with one attached hydrogen (secondary N) is 2. The Hall–Kier alpha value is -2.97. The average molecular weight is 330 g/mol. The summed E-state index contributed by atoms with van der Waals surface area (Å²) in [5.74, 6) is 0.549. The number of amides is 1. The van der Waals surface area contributed by atoms with Gasteiger partial charge in [-0.2, -0.15) is 10.1 Å². The van der Waals surface area contributed by atoms with Gasteiger partial charge in [-0.25, -0.2) is 14.3 Å². The maximum Gasteiger partial charge on any atom is 0.347 e. The first kappa shape index (κ1) is 15.9. The molecule has 1 amide bonds. The summed E-state index contributed by atoms with van der Waals surface area (Å²) in [4.78, 5) is 28.3. The van der Waals surface area contributed by atoms with Gasteiger partial charge in [0, 0.05) is 11.6 Å². The number of hydrogen-bond acceptors (Lipinski definition) is 6. The Morgan fingerprint density at radius 3 is 2.79 bits per heavy atom. The van der Waals surface area contributed by atoms with Crippen molar-refractivity contribution in [3.63, 3.8) is 0 Å². The predicted octanol–water partition coefficient (Wildman–Crippen LogP) is 1.19. The van der Waals surface area contributed by atoms with Crippen molar-refractivity contribution >= 4 is 11.6 Å². The smallest absolute Gasteiger partial charge is 0.340 e. The molecule has 3 rings (SSSR count). The first-order chi connectivity index (χ1) is 11.3. The lowest BCUT2D eigenvalue weighted by Crippen LogP contribution is -2.27. The fourth-order valence-electron chi connectivity index (χ4n) is 2.10. The van der Waals surface area contributed by atoms with E-state index in [0.717, 1.165) is 0 Å². The molecule has 0 radical (unpaired) electrons. The van der Waals surface area contributed by atoms with Crippen molar-refractivity contribution < 1.29 is 9.32 Å². The number of nitrogens with zero attached hydrogens (tertiary/aromatic N) is 4. The van der Waals surface area contributed by atoms with Crippen molar-refractivity contribution in [1.29, 1.82) is 0 Å². The molecular formula is C15H18N6O3. The fraction of sp³-hybridized carbons (Fsp3) is 0.400. The number of H-pyrrole nitrogens is 1. The molecule has 0 aliphatic carbocycles. The number of hydrogen-bond donors (Lipinski definition) is 2. The highest BCUT2D eigenvalue weighted by molar-refractivity contribution is 5.94. The van der Waals surface area contributed by atoms with Gasteiger partial charge in [-0.3, -0.25) is 4.79 Å². The Labute approximate surface area is 137 Å². The summed E-state index contributed by atoms with van der Waals surface area (Å²) in [6, 6.07) is 2.71. The summed E-state index contributed by atoms with van der Waals surface area (Å²) < 4.78 is 6.49. The number of rotatable bonds is 3. The van der Waals surface area contributed by atoms with E-state index in [1.807, 2.05) is 20.8 Å². The lowest BCUT2D eigenvalue weighted by Gasteiger charge is -2.12. The van der Waals surface area contributed by atoms with E-state index in [0.29, 0.717) is 22.9 Å². The molecular weight excluding hydrogens is 312 g/mol. The monoisotopic (exact) mass is 330 g/mol. The molecule has 3 heterocycles. The molecule has 9 heteroatoms. The molecule has 0 aromatic carbocycles. The third kappa shape index (κ3) is 2.92. The van der Waals surface area contributed by atoms with E-state index in [1.54, 1.807) is 19.1 Å². The van der Waals surface area contributed by atoms with Crippen LogP contribution in [0.1, 0.15) is 55.8 Å². The molecule has 24 heavy (non-hydrogen) atoms. The third-order valence-corrected chi connectivity index (χ3v) is 3.50. The van der Waals surface area contributed by atoms with Crippen molar-refractivity contribution in [2.75, 3.05) is 0 Å². The van der Waals surface area contributed by atoms with Gasteiger partial charge in [-0.05, 0) is 19.1 Å². The number of carbonyl (C=O) groups is 1. The van der Waals surface area contributed by atoms with E-state index in [9.17, 15) is 9.59 Å². The minimum absolute atomic E-state index is 0.237. The lowest BCUT2D eigenvalue weighted by atomic mass is 9.96. The van der Waals surface area contributed by atoms with Crippen LogP contribution in [0.5, 0.6) is 0 Å². The van der Waals surface area contributed by atoms with Gasteiger partial charge >= 0.3 is 5.69 Å². The van der Waals surface area contributed by atoms with E-state index >= 15 is 0 Å². The number of aromatic nitrogens is 5. The fourth-order valence-corrected chi connectivity index (χ4v) is 2.10. The van der Waals surface area contributed by atoms with Crippen LogP contribution in [0, 0.1) is 0 Å². The molecule has 1 unspecified atom stereocenters. The van der Waals surface area contributed by atoms with Gasteiger partial charge < -0.3 is 9.84 Å². The minimum atomic E-state index is -0.460. The van der Waals surface area contributed by atoms with Crippen LogP contribution in [-0.4, -0.2) is 30.6 Å². The van der Waals surface area contributed by atoms with Crippen LogP contribution >= 0.6 is 0 Å². The molecule has 0 saturated heterocycles. The zero-order valence-electron chi connectivity index (χ0n) is 13.8. The molecule has 0 spiro atoms. The maximum absolute atomic E-state index is 12.4. The predicted molar refractivity (Wildman–Crippen MR) is 84.7 cm³/mol. The van der Waals surface area contributed by atoms with E-state index in [2.05, 4.69) is 25.7 Å². The van der Waals surface area contributed by atoms with Crippen molar-refractivity contribution in [2.24, 2.45) is 0 Å². The standard InChI is InChI=1S/C15H18N6O3/c1-8(12-17-13(20-24-12)15(2,3)4)16-11(22)9-5-6-10-18-19-14(23)21(10)7-9/h5-8H,1-4H3,(H,16,22)(H,19,23). The van der Waals surface area contributed by atoms with Crippen molar-refractivity contribution in [3.05, 3.63) is 46.1 Å². The van der Waals surface area contributed by atoms with Crippen LogP contribution in [0.2, 0.25) is 0 Å². The minimum Gasteiger partial charge on any atom is -0.340 e. The van der Waals surface area contributed by atoms with Gasteiger partial charge in [0.1, 0.15) is 6.04 Å². The SMILES string of the molecule is CC(NC(=O)c1ccc2n[nH]c(=O)n2c1)c1nc(C(C)(C)C)no1.